The SMILES string of the molecule is Cc1ccc(S(=O)(=O)OCCCCCn2cc(C(=O)c3ccccc3I)c3ccccc32)cc1. The van der Waals surface area contributed by atoms with E-state index < -0.39 is 10.1 Å². The minimum absolute atomic E-state index is 0.0228. The second-order valence-corrected chi connectivity index (χ2v) is 11.0. The van der Waals surface area contributed by atoms with E-state index in [-0.39, 0.29) is 17.3 Å². The van der Waals surface area contributed by atoms with Crippen molar-refractivity contribution in [2.45, 2.75) is 37.6 Å². The van der Waals surface area contributed by atoms with Crippen LogP contribution in [0.2, 0.25) is 0 Å². The predicted octanol–water partition coefficient (Wildman–Crippen LogP) is 6.36. The molecule has 0 aliphatic heterocycles. The summed E-state index contributed by atoms with van der Waals surface area (Å²) < 4.78 is 32.8. The number of ketones is 1. The summed E-state index contributed by atoms with van der Waals surface area (Å²) in [6.07, 6.45) is 4.24. The van der Waals surface area contributed by atoms with E-state index in [1.54, 1.807) is 24.3 Å². The Morgan fingerprint density at radius 2 is 1.59 bits per heavy atom. The predicted molar refractivity (Wildman–Crippen MR) is 143 cm³/mol. The first-order chi connectivity index (χ1) is 16.4. The third-order valence-electron chi connectivity index (χ3n) is 5.74. The molecule has 0 saturated heterocycles. The van der Waals surface area contributed by atoms with Gasteiger partial charge in [-0.2, -0.15) is 8.42 Å². The number of carbonyl (C=O) groups excluding carboxylic acids is 1. The molecule has 0 spiro atoms. The molecule has 0 fully saturated rings. The number of aromatic nitrogens is 1. The Hall–Kier alpha value is -2.49. The van der Waals surface area contributed by atoms with Gasteiger partial charge in [-0.05, 0) is 79.1 Å². The van der Waals surface area contributed by atoms with Crippen LogP contribution in [0.15, 0.2) is 83.9 Å². The van der Waals surface area contributed by atoms with E-state index in [0.29, 0.717) is 17.5 Å². The third-order valence-corrected chi connectivity index (χ3v) is 8.01. The molecule has 0 bridgehead atoms. The van der Waals surface area contributed by atoms with Gasteiger partial charge in [0.25, 0.3) is 10.1 Å². The van der Waals surface area contributed by atoms with E-state index in [9.17, 15) is 13.2 Å². The van der Waals surface area contributed by atoms with E-state index >= 15 is 0 Å². The lowest BCUT2D eigenvalue weighted by Crippen LogP contribution is -2.08. The van der Waals surface area contributed by atoms with E-state index in [1.807, 2.05) is 61.7 Å². The molecule has 0 N–H and O–H groups in total. The standard InChI is InChI=1S/C27H26INO4S/c1-20-13-15-21(16-14-20)34(31,32)33-18-8-2-7-17-29-19-24(22-9-4-6-12-26(22)29)27(30)23-10-3-5-11-25(23)28/h3-6,9-16,19H,2,7-8,17-18H2,1H3. The first-order valence-electron chi connectivity index (χ1n) is 11.2. The molecule has 0 radical (unpaired) electrons. The van der Waals surface area contributed by atoms with Gasteiger partial charge >= 0.3 is 0 Å². The van der Waals surface area contributed by atoms with Gasteiger partial charge in [-0.3, -0.25) is 8.98 Å². The summed E-state index contributed by atoms with van der Waals surface area (Å²) in [6, 6.07) is 22.2. The number of hydrogen-bond donors (Lipinski definition) is 0. The quantitative estimate of drug-likeness (QED) is 0.0938. The number of rotatable bonds is 10. The van der Waals surface area contributed by atoms with Crippen molar-refractivity contribution in [1.29, 1.82) is 0 Å². The van der Waals surface area contributed by atoms with Gasteiger partial charge in [-0.15, -0.1) is 0 Å². The number of hydrogen-bond acceptors (Lipinski definition) is 4. The molecule has 0 aliphatic rings. The summed E-state index contributed by atoms with van der Waals surface area (Å²) in [5.74, 6) is 0.0228. The van der Waals surface area contributed by atoms with Crippen molar-refractivity contribution in [3.63, 3.8) is 0 Å². The molecule has 4 aromatic rings. The van der Waals surface area contributed by atoms with Crippen molar-refractivity contribution >= 4 is 49.4 Å². The minimum Gasteiger partial charge on any atom is -0.347 e. The van der Waals surface area contributed by atoms with Crippen LogP contribution in [0.25, 0.3) is 10.9 Å². The van der Waals surface area contributed by atoms with Gasteiger partial charge in [0, 0.05) is 38.3 Å². The first kappa shape index (κ1) is 24.6. The van der Waals surface area contributed by atoms with Crippen LogP contribution in [0.1, 0.15) is 40.7 Å². The van der Waals surface area contributed by atoms with Crippen LogP contribution in [0.4, 0.5) is 0 Å². The lowest BCUT2D eigenvalue weighted by molar-refractivity contribution is 0.103. The third kappa shape index (κ3) is 5.59. The monoisotopic (exact) mass is 587 g/mol. The maximum absolute atomic E-state index is 13.2. The minimum atomic E-state index is -3.72. The number of unbranched alkanes of at least 4 members (excludes halogenated alkanes) is 2. The average molecular weight is 587 g/mol. The Balaban J connectivity index is 1.36. The van der Waals surface area contributed by atoms with Gasteiger partial charge in [-0.25, -0.2) is 0 Å². The molecule has 1 heterocycles. The largest absolute Gasteiger partial charge is 0.347 e. The number of carbonyl (C=O) groups is 1. The Kier molecular flexibility index (Phi) is 7.85. The van der Waals surface area contributed by atoms with Crippen LogP contribution in [0, 0.1) is 10.5 Å². The highest BCUT2D eigenvalue weighted by molar-refractivity contribution is 14.1. The molecule has 0 aliphatic carbocycles. The zero-order valence-corrected chi connectivity index (χ0v) is 21.9. The number of halogens is 1. The number of aryl methyl sites for hydroxylation is 2. The number of benzene rings is 3. The van der Waals surface area contributed by atoms with Gasteiger partial charge in [-0.1, -0.05) is 48.0 Å². The van der Waals surface area contributed by atoms with Crippen molar-refractivity contribution < 1.29 is 17.4 Å². The highest BCUT2D eigenvalue weighted by Gasteiger charge is 2.18. The molecular weight excluding hydrogens is 561 g/mol. The molecule has 5 nitrogen and oxygen atoms in total. The smallest absolute Gasteiger partial charge is 0.296 e. The molecule has 0 amide bonds. The molecule has 3 aromatic carbocycles. The Morgan fingerprint density at radius 3 is 2.35 bits per heavy atom. The average Bonchev–Trinajstić information content (AvgIpc) is 3.20. The van der Waals surface area contributed by atoms with E-state index in [0.717, 1.165) is 39.4 Å². The summed E-state index contributed by atoms with van der Waals surface area (Å²) in [6.45, 7) is 2.80. The van der Waals surface area contributed by atoms with E-state index in [4.69, 9.17) is 4.18 Å². The molecule has 0 saturated carbocycles. The fourth-order valence-electron chi connectivity index (χ4n) is 3.91. The molecule has 7 heteroatoms. The van der Waals surface area contributed by atoms with Crippen molar-refractivity contribution in [2.75, 3.05) is 6.61 Å². The molecule has 34 heavy (non-hydrogen) atoms. The molecule has 4 rings (SSSR count). The highest BCUT2D eigenvalue weighted by atomic mass is 127. The Morgan fingerprint density at radius 1 is 0.882 bits per heavy atom. The van der Waals surface area contributed by atoms with Gasteiger partial charge in [0.05, 0.1) is 11.5 Å². The van der Waals surface area contributed by atoms with Crippen LogP contribution >= 0.6 is 22.6 Å². The van der Waals surface area contributed by atoms with Gasteiger partial charge in [0.15, 0.2) is 5.78 Å². The van der Waals surface area contributed by atoms with Crippen LogP contribution in [0.3, 0.4) is 0 Å². The van der Waals surface area contributed by atoms with Crippen molar-refractivity contribution in [1.82, 2.24) is 4.57 Å². The lowest BCUT2D eigenvalue weighted by Gasteiger charge is -2.07. The molecule has 176 valence electrons. The second kappa shape index (κ2) is 10.8. The van der Waals surface area contributed by atoms with Gasteiger partial charge in [0.1, 0.15) is 0 Å². The highest BCUT2D eigenvalue weighted by Crippen LogP contribution is 2.26. The summed E-state index contributed by atoms with van der Waals surface area (Å²) >= 11 is 2.20. The Bertz CT molecular complexity index is 1410. The van der Waals surface area contributed by atoms with Gasteiger partial charge < -0.3 is 4.57 Å². The topological polar surface area (TPSA) is 65.4 Å². The summed E-state index contributed by atoms with van der Waals surface area (Å²) in [5.41, 5.74) is 3.43. The summed E-state index contributed by atoms with van der Waals surface area (Å²) in [7, 11) is -3.72. The van der Waals surface area contributed by atoms with Crippen molar-refractivity contribution in [2.24, 2.45) is 0 Å². The van der Waals surface area contributed by atoms with Crippen LogP contribution in [-0.2, 0) is 20.8 Å². The number of para-hydroxylation sites is 1. The van der Waals surface area contributed by atoms with Gasteiger partial charge in [0.2, 0.25) is 0 Å². The Labute approximate surface area is 214 Å². The lowest BCUT2D eigenvalue weighted by atomic mass is 10.0. The van der Waals surface area contributed by atoms with Crippen LogP contribution in [-0.4, -0.2) is 25.4 Å². The van der Waals surface area contributed by atoms with Crippen LogP contribution in [0.5, 0.6) is 0 Å². The van der Waals surface area contributed by atoms with E-state index in [2.05, 4.69) is 27.2 Å². The number of nitrogens with zero attached hydrogens (tertiary/aromatic N) is 1. The van der Waals surface area contributed by atoms with E-state index in [1.165, 1.54) is 0 Å². The molecule has 1 aromatic heterocycles. The maximum Gasteiger partial charge on any atom is 0.296 e. The summed E-state index contributed by atoms with van der Waals surface area (Å²) in [4.78, 5) is 13.4. The maximum atomic E-state index is 13.2. The fourth-order valence-corrected chi connectivity index (χ4v) is 5.48. The molecule has 0 atom stereocenters. The zero-order chi connectivity index (χ0) is 24.1. The zero-order valence-electron chi connectivity index (χ0n) is 18.9. The fraction of sp³-hybridized carbons (Fsp3) is 0.222. The van der Waals surface area contributed by atoms with Crippen molar-refractivity contribution in [3.8, 4) is 0 Å². The number of fused-ring (bicyclic) bond motifs is 1. The molecular formula is C27H26INO4S. The first-order valence-corrected chi connectivity index (χ1v) is 13.7. The summed E-state index contributed by atoms with van der Waals surface area (Å²) in [5, 5.41) is 0.944. The van der Waals surface area contributed by atoms with Crippen LogP contribution < -0.4 is 0 Å². The molecule has 0 unspecified atom stereocenters. The second-order valence-electron chi connectivity index (χ2n) is 8.21. The van der Waals surface area contributed by atoms with Crippen molar-refractivity contribution in [3.05, 3.63) is 99.3 Å². The normalized spacial score (nSPS) is 11.7.